The molecule has 0 aliphatic rings. The minimum Gasteiger partial charge on any atom is -0.456 e. The van der Waals surface area contributed by atoms with Gasteiger partial charge in [-0.2, -0.15) is 0 Å². The SMILES string of the molecule is c1ccc(-c2c3ccccc3c(-c3ccc(-c4ccc5c(c4)oc4ccccc45)c4c3oc3ccccc34)c3ccccc23)cc1. The number of hydrogen-bond donors (Lipinski definition) is 0. The minimum absolute atomic E-state index is 0.880. The van der Waals surface area contributed by atoms with Crippen LogP contribution in [-0.2, 0) is 0 Å². The van der Waals surface area contributed by atoms with E-state index in [1.165, 1.54) is 38.2 Å². The lowest BCUT2D eigenvalue weighted by Crippen LogP contribution is -1.91. The highest BCUT2D eigenvalue weighted by molar-refractivity contribution is 6.25. The average molecular weight is 587 g/mol. The maximum Gasteiger partial charge on any atom is 0.143 e. The first-order valence-electron chi connectivity index (χ1n) is 15.7. The zero-order valence-corrected chi connectivity index (χ0v) is 24.8. The monoisotopic (exact) mass is 586 g/mol. The number of hydrogen-bond acceptors (Lipinski definition) is 2. The molecule has 10 rings (SSSR count). The maximum atomic E-state index is 6.82. The average Bonchev–Trinajstić information content (AvgIpc) is 3.69. The van der Waals surface area contributed by atoms with Crippen molar-refractivity contribution in [3.05, 3.63) is 158 Å². The molecule has 0 N–H and O–H groups in total. The fourth-order valence-electron chi connectivity index (χ4n) is 7.49. The highest BCUT2D eigenvalue weighted by atomic mass is 16.3. The highest BCUT2D eigenvalue weighted by Crippen LogP contribution is 2.48. The Morgan fingerprint density at radius 2 is 0.826 bits per heavy atom. The van der Waals surface area contributed by atoms with E-state index in [-0.39, 0.29) is 0 Å². The summed E-state index contributed by atoms with van der Waals surface area (Å²) in [6, 6.07) is 56.0. The summed E-state index contributed by atoms with van der Waals surface area (Å²) in [5.41, 5.74) is 10.5. The van der Waals surface area contributed by atoms with Crippen molar-refractivity contribution in [3.63, 3.8) is 0 Å². The number of furan rings is 2. The van der Waals surface area contributed by atoms with Crippen LogP contribution >= 0.6 is 0 Å². The molecule has 8 aromatic carbocycles. The van der Waals surface area contributed by atoms with Crippen molar-refractivity contribution in [2.75, 3.05) is 0 Å². The van der Waals surface area contributed by atoms with Crippen LogP contribution in [0, 0.1) is 0 Å². The van der Waals surface area contributed by atoms with Gasteiger partial charge in [0.25, 0.3) is 0 Å². The molecular formula is C44H26O2. The van der Waals surface area contributed by atoms with E-state index in [0.717, 1.165) is 60.6 Å². The Bertz CT molecular complexity index is 2740. The summed E-state index contributed by atoms with van der Waals surface area (Å²) in [5.74, 6) is 0. The standard InChI is InChI=1S/C44H26O2/c1-2-12-27(13-3-1)41-32-15-4-6-17-34(32)42(35-18-7-5-16-33(35)41)37-25-24-29(43-36-19-9-11-21-39(36)46-44(37)43)28-22-23-31-30-14-8-10-20-38(30)45-40(31)26-28/h1-26H. The molecule has 214 valence electrons. The molecule has 0 saturated carbocycles. The number of rotatable bonds is 3. The van der Waals surface area contributed by atoms with Gasteiger partial charge < -0.3 is 8.83 Å². The Kier molecular flexibility index (Phi) is 5.31. The molecule has 0 atom stereocenters. The number of fused-ring (bicyclic) bond motifs is 8. The van der Waals surface area contributed by atoms with Crippen molar-refractivity contribution in [3.8, 4) is 33.4 Å². The van der Waals surface area contributed by atoms with Gasteiger partial charge in [0.05, 0.1) is 0 Å². The van der Waals surface area contributed by atoms with Gasteiger partial charge >= 0.3 is 0 Å². The molecule has 0 saturated heterocycles. The zero-order chi connectivity index (χ0) is 30.2. The van der Waals surface area contributed by atoms with Crippen molar-refractivity contribution in [1.29, 1.82) is 0 Å². The van der Waals surface area contributed by atoms with Gasteiger partial charge in [-0.05, 0) is 74.1 Å². The van der Waals surface area contributed by atoms with Crippen LogP contribution < -0.4 is 0 Å². The fourth-order valence-corrected chi connectivity index (χ4v) is 7.49. The maximum absolute atomic E-state index is 6.82. The summed E-state index contributed by atoms with van der Waals surface area (Å²) < 4.78 is 13.1. The van der Waals surface area contributed by atoms with E-state index in [2.05, 4.69) is 140 Å². The predicted molar refractivity (Wildman–Crippen MR) is 192 cm³/mol. The third-order valence-corrected chi connectivity index (χ3v) is 9.48. The van der Waals surface area contributed by atoms with E-state index < -0.39 is 0 Å². The summed E-state index contributed by atoms with van der Waals surface area (Å²) in [5, 5.41) is 9.35. The van der Waals surface area contributed by atoms with Crippen LogP contribution in [0.1, 0.15) is 0 Å². The largest absolute Gasteiger partial charge is 0.456 e. The van der Waals surface area contributed by atoms with Gasteiger partial charge in [0.1, 0.15) is 22.3 Å². The summed E-state index contributed by atoms with van der Waals surface area (Å²) in [7, 11) is 0. The van der Waals surface area contributed by atoms with Gasteiger partial charge in [-0.1, -0.05) is 127 Å². The van der Waals surface area contributed by atoms with E-state index in [1.54, 1.807) is 0 Å². The highest BCUT2D eigenvalue weighted by Gasteiger charge is 2.22. The minimum atomic E-state index is 0.880. The van der Waals surface area contributed by atoms with Gasteiger partial charge in [-0.3, -0.25) is 0 Å². The normalized spacial score (nSPS) is 11.9. The summed E-state index contributed by atoms with van der Waals surface area (Å²) in [6.45, 7) is 0. The van der Waals surface area contributed by atoms with E-state index in [1.807, 2.05) is 18.2 Å². The Hall–Kier alpha value is -6.12. The Morgan fingerprint density at radius 1 is 0.304 bits per heavy atom. The van der Waals surface area contributed by atoms with Crippen LogP contribution in [0.25, 0.3) is 98.8 Å². The third-order valence-electron chi connectivity index (χ3n) is 9.48. The topological polar surface area (TPSA) is 26.3 Å². The van der Waals surface area contributed by atoms with E-state index in [0.29, 0.717) is 0 Å². The van der Waals surface area contributed by atoms with Crippen LogP contribution in [0.4, 0.5) is 0 Å². The van der Waals surface area contributed by atoms with Crippen molar-refractivity contribution in [1.82, 2.24) is 0 Å². The van der Waals surface area contributed by atoms with Gasteiger partial charge in [0.2, 0.25) is 0 Å². The van der Waals surface area contributed by atoms with Crippen LogP contribution in [0.3, 0.4) is 0 Å². The molecular weight excluding hydrogens is 560 g/mol. The van der Waals surface area contributed by atoms with Crippen molar-refractivity contribution < 1.29 is 8.83 Å². The van der Waals surface area contributed by atoms with Crippen molar-refractivity contribution in [2.24, 2.45) is 0 Å². The van der Waals surface area contributed by atoms with Crippen LogP contribution in [0.2, 0.25) is 0 Å². The first-order chi connectivity index (χ1) is 22.8. The molecule has 10 aromatic rings. The van der Waals surface area contributed by atoms with Crippen molar-refractivity contribution in [2.45, 2.75) is 0 Å². The van der Waals surface area contributed by atoms with E-state index in [4.69, 9.17) is 8.83 Å². The fraction of sp³-hybridized carbons (Fsp3) is 0. The smallest absolute Gasteiger partial charge is 0.143 e. The second kappa shape index (κ2) is 9.69. The first kappa shape index (κ1) is 25.2. The predicted octanol–water partition coefficient (Wildman–Crippen LogP) is 12.8. The second-order valence-electron chi connectivity index (χ2n) is 12.0. The molecule has 2 nitrogen and oxygen atoms in total. The Morgan fingerprint density at radius 3 is 1.52 bits per heavy atom. The summed E-state index contributed by atoms with van der Waals surface area (Å²) in [6.07, 6.45) is 0. The van der Waals surface area contributed by atoms with Gasteiger partial charge in [-0.25, -0.2) is 0 Å². The van der Waals surface area contributed by atoms with E-state index >= 15 is 0 Å². The molecule has 2 heteroatoms. The lowest BCUT2D eigenvalue weighted by atomic mass is 9.85. The molecule has 0 aliphatic heterocycles. The van der Waals surface area contributed by atoms with Crippen molar-refractivity contribution >= 4 is 65.4 Å². The third kappa shape index (κ3) is 3.59. The molecule has 46 heavy (non-hydrogen) atoms. The van der Waals surface area contributed by atoms with Gasteiger partial charge in [-0.15, -0.1) is 0 Å². The quantitative estimate of drug-likeness (QED) is 0.193. The number of benzene rings is 8. The van der Waals surface area contributed by atoms with Gasteiger partial charge in [0, 0.05) is 32.7 Å². The second-order valence-corrected chi connectivity index (χ2v) is 12.0. The summed E-state index contributed by atoms with van der Waals surface area (Å²) in [4.78, 5) is 0. The molecule has 2 heterocycles. The van der Waals surface area contributed by atoms with Gasteiger partial charge in [0.15, 0.2) is 0 Å². The lowest BCUT2D eigenvalue weighted by molar-refractivity contribution is 0.668. The van der Waals surface area contributed by atoms with Crippen LogP contribution in [-0.4, -0.2) is 0 Å². The molecule has 0 spiro atoms. The Balaban J connectivity index is 1.31. The van der Waals surface area contributed by atoms with E-state index in [9.17, 15) is 0 Å². The Labute approximate surface area is 264 Å². The van der Waals surface area contributed by atoms with Crippen LogP contribution in [0.15, 0.2) is 167 Å². The summed E-state index contributed by atoms with van der Waals surface area (Å²) >= 11 is 0. The molecule has 0 aliphatic carbocycles. The molecule has 0 bridgehead atoms. The molecule has 0 fully saturated rings. The van der Waals surface area contributed by atoms with Crippen LogP contribution in [0.5, 0.6) is 0 Å². The molecule has 2 aromatic heterocycles. The molecule has 0 amide bonds. The first-order valence-corrected chi connectivity index (χ1v) is 15.7. The zero-order valence-electron chi connectivity index (χ0n) is 24.8. The molecule has 0 unspecified atom stereocenters. The molecule has 0 radical (unpaired) electrons. The number of para-hydroxylation sites is 2. The lowest BCUT2D eigenvalue weighted by Gasteiger charge is -2.18.